The predicted molar refractivity (Wildman–Crippen MR) is 113 cm³/mol. The van der Waals surface area contributed by atoms with Crippen LogP contribution in [0.4, 0.5) is 5.69 Å². The zero-order valence-electron chi connectivity index (χ0n) is 17.4. The first-order valence-electron chi connectivity index (χ1n) is 10.9. The zero-order valence-corrected chi connectivity index (χ0v) is 18.2. The number of unbranched alkanes of at least 4 members (excludes halogenated alkanes) is 9. The van der Waals surface area contributed by atoms with Gasteiger partial charge in [0.05, 0.1) is 4.92 Å². The molecule has 1 aromatic rings. The van der Waals surface area contributed by atoms with E-state index in [1.54, 1.807) is 0 Å². The van der Waals surface area contributed by atoms with Crippen LogP contribution in [0, 0.1) is 10.1 Å². The lowest BCUT2D eigenvalue weighted by Crippen LogP contribution is -2.52. The minimum atomic E-state index is -3.92. The van der Waals surface area contributed by atoms with Gasteiger partial charge in [0.25, 0.3) is 15.7 Å². The first-order valence-corrected chi connectivity index (χ1v) is 12.3. The molecule has 2 rings (SSSR count). The van der Waals surface area contributed by atoms with Crippen molar-refractivity contribution in [2.75, 3.05) is 13.2 Å². The van der Waals surface area contributed by atoms with Gasteiger partial charge in [-0.2, -0.15) is 4.31 Å². The van der Waals surface area contributed by atoms with Crippen molar-refractivity contribution in [1.82, 2.24) is 4.31 Å². The molecule has 1 aliphatic heterocycles. The summed E-state index contributed by atoms with van der Waals surface area (Å²) < 4.78 is 32.6. The molecule has 8 heteroatoms. The Hall–Kier alpha value is -1.51. The molecule has 7 nitrogen and oxygen atoms in total. The van der Waals surface area contributed by atoms with Crippen molar-refractivity contribution in [3.05, 3.63) is 34.4 Å². The van der Waals surface area contributed by atoms with Crippen molar-refractivity contribution in [3.63, 3.8) is 0 Å². The molecule has 1 aliphatic rings. The van der Waals surface area contributed by atoms with Gasteiger partial charge in [-0.05, 0) is 12.5 Å². The zero-order chi connectivity index (χ0) is 21.1. The van der Waals surface area contributed by atoms with Crippen LogP contribution < -0.4 is 0 Å². The number of nitro groups is 1. The van der Waals surface area contributed by atoms with Gasteiger partial charge in [-0.1, -0.05) is 76.8 Å². The second-order valence-electron chi connectivity index (χ2n) is 7.64. The third-order valence-electron chi connectivity index (χ3n) is 5.37. The molecule has 29 heavy (non-hydrogen) atoms. The van der Waals surface area contributed by atoms with Crippen LogP contribution in [0.2, 0.25) is 0 Å². The Kier molecular flexibility index (Phi) is 10.0. The summed E-state index contributed by atoms with van der Waals surface area (Å²) >= 11 is 0. The molecule has 0 aliphatic carbocycles. The van der Waals surface area contributed by atoms with Crippen LogP contribution in [0.15, 0.2) is 29.2 Å². The highest BCUT2D eigenvalue weighted by molar-refractivity contribution is 7.89. The topological polar surface area (TPSA) is 89.8 Å². The quantitative estimate of drug-likeness (QED) is 0.217. The van der Waals surface area contributed by atoms with Gasteiger partial charge in [0.1, 0.15) is 6.23 Å². The normalized spacial score (nSPS) is 17.2. The van der Waals surface area contributed by atoms with Gasteiger partial charge in [-0.25, -0.2) is 8.42 Å². The Labute approximate surface area is 174 Å². The molecule has 1 atom stereocenters. The van der Waals surface area contributed by atoms with E-state index in [0.29, 0.717) is 19.6 Å². The first-order chi connectivity index (χ1) is 14.0. The van der Waals surface area contributed by atoms with Crippen LogP contribution in [0.25, 0.3) is 0 Å². The molecule has 164 valence electrons. The van der Waals surface area contributed by atoms with Crippen molar-refractivity contribution in [3.8, 4) is 0 Å². The van der Waals surface area contributed by atoms with E-state index in [-0.39, 0.29) is 4.90 Å². The Morgan fingerprint density at radius 1 is 1.03 bits per heavy atom. The number of benzene rings is 1. The Morgan fingerprint density at radius 3 is 2.17 bits per heavy atom. The van der Waals surface area contributed by atoms with E-state index in [2.05, 4.69) is 6.92 Å². The molecule has 0 N–H and O–H groups in total. The van der Waals surface area contributed by atoms with Crippen LogP contribution in [0.1, 0.15) is 77.6 Å². The van der Waals surface area contributed by atoms with E-state index in [1.165, 1.54) is 79.9 Å². The fourth-order valence-electron chi connectivity index (χ4n) is 3.54. The van der Waals surface area contributed by atoms with E-state index in [1.807, 2.05) is 0 Å². The molecule has 0 bridgehead atoms. The summed E-state index contributed by atoms with van der Waals surface area (Å²) in [5.74, 6) is 0. The molecule has 0 aromatic heterocycles. The minimum Gasteiger partial charge on any atom is -0.362 e. The number of nitro benzene ring substituents is 1. The minimum absolute atomic E-state index is 0.266. The van der Waals surface area contributed by atoms with Crippen molar-refractivity contribution in [2.24, 2.45) is 0 Å². The summed E-state index contributed by atoms with van der Waals surface area (Å²) in [5, 5.41) is 11.2. The summed E-state index contributed by atoms with van der Waals surface area (Å²) in [5.41, 5.74) is -0.396. The summed E-state index contributed by atoms with van der Waals surface area (Å²) in [6.07, 6.45) is 12.4. The maximum Gasteiger partial charge on any atom is 0.289 e. The molecule has 0 radical (unpaired) electrons. The average Bonchev–Trinajstić information content (AvgIpc) is 2.67. The van der Waals surface area contributed by atoms with E-state index < -0.39 is 26.9 Å². The van der Waals surface area contributed by atoms with E-state index in [0.717, 1.165) is 12.8 Å². The number of para-hydroxylation sites is 1. The number of sulfonamides is 1. The van der Waals surface area contributed by atoms with Crippen LogP contribution in [-0.4, -0.2) is 37.0 Å². The van der Waals surface area contributed by atoms with Crippen LogP contribution >= 0.6 is 0 Å². The standard InChI is InChI=1S/C21H34N2O5S/c1-2-3-4-5-6-7-8-9-10-13-18-28-21-16-17-22(21)29(26,27)20-15-12-11-14-19(20)23(24)25/h11-12,14-15,21H,2-10,13,16-18H2,1H3. The molecule has 1 saturated heterocycles. The fourth-order valence-corrected chi connectivity index (χ4v) is 5.27. The third-order valence-corrected chi connectivity index (χ3v) is 7.31. The van der Waals surface area contributed by atoms with Crippen LogP contribution in [-0.2, 0) is 14.8 Å². The predicted octanol–water partition coefficient (Wildman–Crippen LogP) is 5.25. The van der Waals surface area contributed by atoms with Gasteiger partial charge in [-0.15, -0.1) is 0 Å². The molecule has 0 amide bonds. The fraction of sp³-hybridized carbons (Fsp3) is 0.714. The number of hydrogen-bond donors (Lipinski definition) is 0. The highest BCUT2D eigenvalue weighted by Crippen LogP contribution is 2.32. The highest BCUT2D eigenvalue weighted by atomic mass is 32.2. The molecule has 0 saturated carbocycles. The van der Waals surface area contributed by atoms with E-state index >= 15 is 0 Å². The van der Waals surface area contributed by atoms with Gasteiger partial charge in [0, 0.05) is 25.6 Å². The molecule has 1 fully saturated rings. The highest BCUT2D eigenvalue weighted by Gasteiger charge is 2.41. The van der Waals surface area contributed by atoms with Gasteiger partial charge >= 0.3 is 0 Å². The summed E-state index contributed by atoms with van der Waals surface area (Å²) in [6, 6.07) is 5.46. The van der Waals surface area contributed by atoms with Gasteiger partial charge in [0.15, 0.2) is 4.90 Å². The largest absolute Gasteiger partial charge is 0.362 e. The molecule has 1 unspecified atom stereocenters. The second kappa shape index (κ2) is 12.2. The Bertz CT molecular complexity index is 738. The molecule has 1 heterocycles. The van der Waals surface area contributed by atoms with Crippen molar-refractivity contribution in [2.45, 2.75) is 88.7 Å². The average molecular weight is 427 g/mol. The molecular weight excluding hydrogens is 392 g/mol. The summed E-state index contributed by atoms with van der Waals surface area (Å²) in [4.78, 5) is 10.2. The second-order valence-corrected chi connectivity index (χ2v) is 9.50. The lowest BCUT2D eigenvalue weighted by Gasteiger charge is -2.38. The maximum atomic E-state index is 12.8. The van der Waals surface area contributed by atoms with Crippen molar-refractivity contribution >= 4 is 15.7 Å². The van der Waals surface area contributed by atoms with E-state index in [4.69, 9.17) is 4.74 Å². The van der Waals surface area contributed by atoms with Crippen molar-refractivity contribution < 1.29 is 18.1 Å². The molecule has 0 spiro atoms. The number of ether oxygens (including phenoxy) is 1. The van der Waals surface area contributed by atoms with E-state index in [9.17, 15) is 18.5 Å². The van der Waals surface area contributed by atoms with Crippen LogP contribution in [0.5, 0.6) is 0 Å². The summed E-state index contributed by atoms with van der Waals surface area (Å²) in [7, 11) is -3.92. The lowest BCUT2D eigenvalue weighted by molar-refractivity contribution is -0.387. The monoisotopic (exact) mass is 426 g/mol. The van der Waals surface area contributed by atoms with Crippen molar-refractivity contribution in [1.29, 1.82) is 0 Å². The Morgan fingerprint density at radius 2 is 1.62 bits per heavy atom. The Balaban J connectivity index is 1.68. The molecular formula is C21H34N2O5S. The smallest absolute Gasteiger partial charge is 0.289 e. The van der Waals surface area contributed by atoms with Gasteiger partial charge in [-0.3, -0.25) is 10.1 Å². The SMILES string of the molecule is CCCCCCCCCCCCOC1CCN1S(=O)(=O)c1ccccc1[N+](=O)[O-]. The van der Waals surface area contributed by atoms with Gasteiger partial charge < -0.3 is 4.74 Å². The van der Waals surface area contributed by atoms with Crippen LogP contribution in [0.3, 0.4) is 0 Å². The third kappa shape index (κ3) is 7.04. The van der Waals surface area contributed by atoms with Gasteiger partial charge in [0.2, 0.25) is 0 Å². The number of rotatable bonds is 15. The maximum absolute atomic E-state index is 12.8. The summed E-state index contributed by atoms with van der Waals surface area (Å²) in [6.45, 7) is 3.08. The number of hydrogen-bond acceptors (Lipinski definition) is 5. The lowest BCUT2D eigenvalue weighted by atomic mass is 10.1. The first kappa shape index (κ1) is 23.8. The molecule has 1 aromatic carbocycles. The number of nitrogens with zero attached hydrogens (tertiary/aromatic N) is 2.